The zero-order valence-electron chi connectivity index (χ0n) is 75.5. The van der Waals surface area contributed by atoms with Crippen LogP contribution in [0.15, 0.2) is 150 Å². The van der Waals surface area contributed by atoms with E-state index in [0.717, 1.165) is 160 Å². The lowest BCUT2D eigenvalue weighted by atomic mass is 9.78. The number of fused-ring (bicyclic) bond motifs is 2. The van der Waals surface area contributed by atoms with Crippen molar-refractivity contribution in [3.8, 4) is 11.1 Å². The van der Waals surface area contributed by atoms with Crippen LogP contribution in [0.5, 0.6) is 0 Å². The van der Waals surface area contributed by atoms with Gasteiger partial charge in [-0.3, -0.25) is 29.0 Å². The van der Waals surface area contributed by atoms with Crippen LogP contribution < -0.4 is 42.7 Å². The molecule has 0 bridgehead atoms. The van der Waals surface area contributed by atoms with Gasteiger partial charge >= 0.3 is 13.2 Å². The minimum Gasteiger partial charge on any atom is -0.444 e. The van der Waals surface area contributed by atoms with Crippen molar-refractivity contribution in [2.24, 2.45) is 0 Å². The number of amides is 5. The SMILES string of the molecule is CCc1nc2c(cnn2CC)c(NC2CCOCC2)c1CNC(=O)c1cccc(C(=O)NCc2ccc(Cl)c(-c3cccc(CN4CCN[C@@H](C)C4)c3)c2)c1.CCc1nc2c(cnn2CC)c(NC2CCOCC2)c1CNC(=O)c1cccc(C(=O)NCc2ccc(Cl)c(Br)c2)c1.C[C@H]1CN(Cc2cccc(B3OC(C)(C)C(C)(C)O3)c2)CCN1C(=O)OC(C)(C)C. The van der Waals surface area contributed by atoms with Gasteiger partial charge in [0.2, 0.25) is 0 Å². The molecule has 9 heterocycles. The van der Waals surface area contributed by atoms with Crippen molar-refractivity contribution in [1.82, 2.24) is 70.8 Å². The number of anilines is 2. The first kappa shape index (κ1) is 94.8. The van der Waals surface area contributed by atoms with Crippen molar-refractivity contribution in [2.45, 2.75) is 222 Å². The molecule has 674 valence electrons. The first-order chi connectivity index (χ1) is 60.9. The van der Waals surface area contributed by atoms with Crippen molar-refractivity contribution in [3.05, 3.63) is 227 Å². The fourth-order valence-corrected chi connectivity index (χ4v) is 17.3. The standard InChI is InChI=1S/C43H51ClN8O3.C31H34BrClN6O3.C23H37BN2O4/c1-4-39-36(40(49-34-14-18-55-19-15-34)37-25-48-52(5-2)41(37)50-39)24-47-43(54)33-11-7-10-32(22-33)42(53)46-23-29-12-13-38(44)35(21-29)31-9-6-8-30(20-31)27-51-17-16-45-28(3)26-51;1-3-27-23(28(37-22-10-12-42-13-11-22)24-18-36-39(4-2)29(24)38-27)17-35-31(41)21-7-5-6-20(15-21)30(40)34-16-19-8-9-26(33)25(32)14-19;1-17-15-25(12-13-26(17)20(27)28-21(2,3)4)16-18-10-9-11-19(14-18)24-29-22(5,6)23(7,8)30-24/h6-13,20-22,25,28,34,45H,4-5,14-19,23-24,26-27H2,1-3H3,(H,46,53)(H,47,54)(H,49,50);5-9,14-15,18,22H,3-4,10-13,16-17H2,1-2H3,(H,34,40)(H,35,41)(H,37,38);9-11,14,17H,12-13,15-16H2,1-8H3/t28-;;17-/m0.0/s1. The average molecular weight is 1830 g/mol. The molecule has 4 aromatic heterocycles. The Kier molecular flexibility index (Phi) is 32.1. The number of piperazine rings is 2. The van der Waals surface area contributed by atoms with Crippen LogP contribution in [-0.4, -0.2) is 188 Å². The molecule has 127 heavy (non-hydrogen) atoms. The molecule has 5 fully saturated rings. The highest BCUT2D eigenvalue weighted by molar-refractivity contribution is 9.10. The van der Waals surface area contributed by atoms with E-state index in [9.17, 15) is 24.0 Å². The summed E-state index contributed by atoms with van der Waals surface area (Å²) in [6.07, 6.45) is 8.51. The van der Waals surface area contributed by atoms with Gasteiger partial charge in [0.25, 0.3) is 23.6 Å². The molecule has 5 aliphatic heterocycles. The van der Waals surface area contributed by atoms with Crippen LogP contribution in [0.4, 0.5) is 16.2 Å². The molecule has 10 aromatic rings. The molecule has 5 aliphatic rings. The lowest BCUT2D eigenvalue weighted by Gasteiger charge is -2.40. The number of hydrogen-bond donors (Lipinski definition) is 7. The highest BCUT2D eigenvalue weighted by Gasteiger charge is 2.52. The molecule has 26 nitrogen and oxygen atoms in total. The van der Waals surface area contributed by atoms with Gasteiger partial charge in [-0.05, 0) is 231 Å². The largest absolute Gasteiger partial charge is 0.494 e. The van der Waals surface area contributed by atoms with Crippen molar-refractivity contribution in [1.29, 1.82) is 0 Å². The van der Waals surface area contributed by atoms with Crippen LogP contribution in [0.1, 0.15) is 202 Å². The first-order valence-electron chi connectivity index (χ1n) is 44.6. The number of benzene rings is 6. The quantitative estimate of drug-likeness (QED) is 0.0248. The maximum atomic E-state index is 13.6. The van der Waals surface area contributed by atoms with Crippen LogP contribution in [0.2, 0.25) is 10.0 Å². The van der Waals surface area contributed by atoms with Gasteiger partial charge in [0.15, 0.2) is 11.3 Å². The number of aryl methyl sites for hydroxylation is 4. The summed E-state index contributed by atoms with van der Waals surface area (Å²) in [4.78, 5) is 82.3. The second-order valence-corrected chi connectivity index (χ2v) is 37.0. The van der Waals surface area contributed by atoms with E-state index < -0.39 is 5.60 Å². The van der Waals surface area contributed by atoms with Gasteiger partial charge in [-0.15, -0.1) is 0 Å². The molecule has 5 amide bonds. The van der Waals surface area contributed by atoms with E-state index in [1.807, 2.05) is 84.7 Å². The van der Waals surface area contributed by atoms with E-state index in [1.165, 1.54) is 11.1 Å². The number of rotatable bonds is 26. The minimum absolute atomic E-state index is 0.111. The molecule has 15 rings (SSSR count). The summed E-state index contributed by atoms with van der Waals surface area (Å²) in [7, 11) is -0.349. The van der Waals surface area contributed by atoms with Gasteiger partial charge in [-0.25, -0.2) is 24.1 Å². The highest BCUT2D eigenvalue weighted by atomic mass is 79.9. The predicted molar refractivity (Wildman–Crippen MR) is 506 cm³/mol. The summed E-state index contributed by atoms with van der Waals surface area (Å²) in [5.41, 5.74) is 15.1. The van der Waals surface area contributed by atoms with E-state index in [4.69, 9.17) is 56.7 Å². The number of nitrogens with zero attached hydrogens (tertiary/aromatic N) is 9. The van der Waals surface area contributed by atoms with E-state index >= 15 is 0 Å². The number of pyridine rings is 2. The molecule has 30 heteroatoms. The number of ether oxygens (including phenoxy) is 3. The fraction of sp³-hybridized carbons (Fsp3) is 0.454. The predicted octanol–water partition coefficient (Wildman–Crippen LogP) is 15.9. The highest BCUT2D eigenvalue weighted by Crippen LogP contribution is 2.39. The smallest absolute Gasteiger partial charge is 0.444 e. The van der Waals surface area contributed by atoms with E-state index in [1.54, 1.807) is 54.6 Å². The number of nitrogens with one attached hydrogen (secondary N) is 7. The molecule has 2 atom stereocenters. The van der Waals surface area contributed by atoms with Gasteiger partial charge in [0.05, 0.1) is 50.8 Å². The monoisotopic (exact) mass is 1830 g/mol. The zero-order chi connectivity index (χ0) is 90.3. The molecule has 0 radical (unpaired) electrons. The molecule has 0 unspecified atom stereocenters. The summed E-state index contributed by atoms with van der Waals surface area (Å²) < 4.78 is 33.7. The first-order valence-corrected chi connectivity index (χ1v) is 46.2. The molecular formula is C97H122BBrCl2N16O10. The third-order valence-electron chi connectivity index (χ3n) is 24.2. The Morgan fingerprint density at radius 2 is 1.02 bits per heavy atom. The summed E-state index contributed by atoms with van der Waals surface area (Å²) >= 11 is 16.2. The van der Waals surface area contributed by atoms with E-state index in [2.05, 4.69) is 184 Å². The van der Waals surface area contributed by atoms with Gasteiger partial charge in [0, 0.05) is 202 Å². The Balaban J connectivity index is 0.000000171. The molecule has 0 spiro atoms. The van der Waals surface area contributed by atoms with Crippen LogP contribution >= 0.6 is 39.1 Å². The lowest BCUT2D eigenvalue weighted by Crippen LogP contribution is -2.54. The molecular weight excluding hydrogens is 1710 g/mol. The van der Waals surface area contributed by atoms with Crippen molar-refractivity contribution in [3.63, 3.8) is 0 Å². The van der Waals surface area contributed by atoms with Gasteiger partial charge < -0.3 is 65.6 Å². The Bertz CT molecular complexity index is 5520. The van der Waals surface area contributed by atoms with E-state index in [0.29, 0.717) is 110 Å². The van der Waals surface area contributed by atoms with E-state index in [-0.39, 0.29) is 79.3 Å². The number of aromatic nitrogens is 6. The van der Waals surface area contributed by atoms with Gasteiger partial charge in [-0.2, -0.15) is 10.2 Å². The molecule has 6 aromatic carbocycles. The molecule has 0 aliphatic carbocycles. The van der Waals surface area contributed by atoms with Crippen LogP contribution in [0.3, 0.4) is 0 Å². The number of carbonyl (C=O) groups excluding carboxylic acids is 5. The lowest BCUT2D eigenvalue weighted by molar-refractivity contribution is 0.000507. The Labute approximate surface area is 765 Å². The Hall–Kier alpha value is -9.85. The van der Waals surface area contributed by atoms with Crippen molar-refractivity contribution >= 4 is 115 Å². The number of hydrogen-bond acceptors (Lipinski definition) is 19. The summed E-state index contributed by atoms with van der Waals surface area (Å²) in [5, 5.41) is 35.4. The third-order valence-corrected chi connectivity index (χ3v) is 25.8. The van der Waals surface area contributed by atoms with Crippen LogP contribution in [0, 0.1) is 0 Å². The summed E-state index contributed by atoms with van der Waals surface area (Å²) in [5.74, 6) is -1.07. The molecule has 7 N–H and O–H groups in total. The maximum absolute atomic E-state index is 13.6. The second-order valence-electron chi connectivity index (χ2n) is 35.3. The average Bonchev–Trinajstić information content (AvgIpc) is 1.61. The van der Waals surface area contributed by atoms with Gasteiger partial charge in [-0.1, -0.05) is 104 Å². The Morgan fingerprint density at radius 3 is 1.49 bits per heavy atom. The van der Waals surface area contributed by atoms with Crippen LogP contribution in [-0.2, 0) is 88.7 Å². The van der Waals surface area contributed by atoms with Gasteiger partial charge in [0.1, 0.15) is 5.60 Å². The van der Waals surface area contributed by atoms with Crippen LogP contribution in [0.25, 0.3) is 33.2 Å². The van der Waals surface area contributed by atoms with Crippen molar-refractivity contribution < 1.29 is 47.5 Å². The maximum Gasteiger partial charge on any atom is 0.494 e. The Morgan fingerprint density at radius 1 is 0.551 bits per heavy atom. The topological polar surface area (TPSA) is 287 Å². The summed E-state index contributed by atoms with van der Waals surface area (Å²) in [6.45, 7) is 39.1. The second kappa shape index (κ2) is 43.0. The fourth-order valence-electron chi connectivity index (χ4n) is 16.6. The summed E-state index contributed by atoms with van der Waals surface area (Å²) in [6, 6.07) is 42.9. The third kappa shape index (κ3) is 24.4. The molecule has 0 saturated carbocycles. The normalized spacial score (nSPS) is 17.4. The number of halogens is 3. The van der Waals surface area contributed by atoms with Crippen molar-refractivity contribution in [2.75, 3.05) is 76.3 Å². The minimum atomic E-state index is -0.470. The number of carbonyl (C=O) groups is 5. The zero-order valence-corrected chi connectivity index (χ0v) is 78.6. The molecule has 5 saturated heterocycles.